The Labute approximate surface area is 120 Å². The Balaban J connectivity index is 2.34. The maximum Gasteiger partial charge on any atom is 0.337 e. The summed E-state index contributed by atoms with van der Waals surface area (Å²) in [4.78, 5) is 22.0. The number of benzene rings is 2. The third-order valence-electron chi connectivity index (χ3n) is 2.86. The molecule has 6 nitrogen and oxygen atoms in total. The second kappa shape index (κ2) is 5.54. The first-order valence-corrected chi connectivity index (χ1v) is 5.91. The Morgan fingerprint density at radius 2 is 1.19 bits per heavy atom. The van der Waals surface area contributed by atoms with Crippen molar-refractivity contribution in [2.75, 3.05) is 11.5 Å². The van der Waals surface area contributed by atoms with E-state index in [9.17, 15) is 9.59 Å². The lowest BCUT2D eigenvalue weighted by atomic mass is 9.99. The van der Waals surface area contributed by atoms with Gasteiger partial charge in [-0.15, -0.1) is 0 Å². The van der Waals surface area contributed by atoms with Crippen molar-refractivity contribution in [2.24, 2.45) is 0 Å². The third-order valence-corrected chi connectivity index (χ3v) is 2.86. The maximum absolute atomic E-state index is 11.0. The van der Waals surface area contributed by atoms with E-state index >= 15 is 0 Å². The van der Waals surface area contributed by atoms with Crippen LogP contribution in [0.2, 0.25) is 0 Å². The molecule has 0 bridgehead atoms. The van der Waals surface area contributed by atoms with E-state index in [0.717, 1.165) is 0 Å². The molecule has 6 heteroatoms. The lowest BCUT2D eigenvalue weighted by Crippen LogP contribution is -2.04. The molecule has 0 aromatic heterocycles. The fourth-order valence-corrected chi connectivity index (χ4v) is 1.81. The largest absolute Gasteiger partial charge is 0.478 e. The van der Waals surface area contributed by atoms with Crippen molar-refractivity contribution in [1.82, 2.24) is 0 Å². The first-order valence-electron chi connectivity index (χ1n) is 5.91. The Kier molecular flexibility index (Phi) is 3.80. The van der Waals surface area contributed by atoms with Gasteiger partial charge in [0.25, 0.3) is 0 Å². The molecule has 2 aromatic carbocycles. The zero-order valence-corrected chi connectivity index (χ0v) is 10.8. The van der Waals surface area contributed by atoms with Crippen molar-refractivity contribution in [3.8, 4) is 0 Å². The van der Waals surface area contributed by atoms with E-state index in [1.54, 1.807) is 12.1 Å². The Morgan fingerprint density at radius 3 is 1.52 bits per heavy atom. The molecule has 6 N–H and O–H groups in total. The molecule has 2 rings (SSSR count). The molecule has 2 aromatic rings. The van der Waals surface area contributed by atoms with E-state index in [4.69, 9.17) is 21.7 Å². The van der Waals surface area contributed by atoms with E-state index < -0.39 is 11.9 Å². The van der Waals surface area contributed by atoms with Crippen LogP contribution in [-0.4, -0.2) is 22.2 Å². The maximum atomic E-state index is 11.0. The van der Waals surface area contributed by atoms with Crippen molar-refractivity contribution >= 4 is 23.3 Å². The number of hydrogen-bond acceptors (Lipinski definition) is 4. The molecular weight excluding hydrogens is 272 g/mol. The zero-order chi connectivity index (χ0) is 15.6. The molecule has 0 saturated carbocycles. The predicted octanol–water partition coefficient (Wildman–Crippen LogP) is 1.73. The van der Waals surface area contributed by atoms with Crippen LogP contribution < -0.4 is 11.5 Å². The molecule has 2 radical (unpaired) electrons. The van der Waals surface area contributed by atoms with Crippen LogP contribution in [0.4, 0.5) is 11.4 Å². The molecule has 0 aliphatic carbocycles. The summed E-state index contributed by atoms with van der Waals surface area (Å²) in [7, 11) is 0. The van der Waals surface area contributed by atoms with Crippen LogP contribution in [0, 0.1) is 6.42 Å². The van der Waals surface area contributed by atoms with Crippen molar-refractivity contribution in [2.45, 2.75) is 0 Å². The van der Waals surface area contributed by atoms with Crippen LogP contribution in [0.15, 0.2) is 36.4 Å². The van der Waals surface area contributed by atoms with Gasteiger partial charge >= 0.3 is 11.9 Å². The van der Waals surface area contributed by atoms with Gasteiger partial charge < -0.3 is 21.7 Å². The number of anilines is 2. The monoisotopic (exact) mass is 284 g/mol. The molecule has 0 spiro atoms. The number of nitrogen functional groups attached to an aromatic ring is 2. The first-order chi connectivity index (χ1) is 9.88. The smallest absolute Gasteiger partial charge is 0.337 e. The topological polar surface area (TPSA) is 127 Å². The molecule has 0 aliphatic heterocycles. The van der Waals surface area contributed by atoms with Crippen molar-refractivity contribution < 1.29 is 19.8 Å². The molecule has 0 unspecified atom stereocenters. The van der Waals surface area contributed by atoms with E-state index in [0.29, 0.717) is 11.1 Å². The normalized spacial score (nSPS) is 10.3. The van der Waals surface area contributed by atoms with Crippen LogP contribution in [-0.2, 0) is 0 Å². The molecule has 0 atom stereocenters. The lowest BCUT2D eigenvalue weighted by Gasteiger charge is -2.07. The van der Waals surface area contributed by atoms with Gasteiger partial charge in [-0.25, -0.2) is 9.59 Å². The van der Waals surface area contributed by atoms with Crippen molar-refractivity contribution in [1.29, 1.82) is 0 Å². The summed E-state index contributed by atoms with van der Waals surface area (Å²) in [5, 5.41) is 18.0. The highest BCUT2D eigenvalue weighted by Gasteiger charge is 2.12. The number of nitrogens with two attached hydrogens (primary N) is 2. The molecule has 0 amide bonds. The van der Waals surface area contributed by atoms with Gasteiger partial charge in [0.2, 0.25) is 0 Å². The molecule has 21 heavy (non-hydrogen) atoms. The van der Waals surface area contributed by atoms with Gasteiger partial charge in [-0.2, -0.15) is 0 Å². The minimum absolute atomic E-state index is 0.0334. The van der Waals surface area contributed by atoms with Gasteiger partial charge in [0, 0.05) is 11.4 Å². The van der Waals surface area contributed by atoms with E-state index in [1.807, 2.05) is 0 Å². The highest BCUT2D eigenvalue weighted by atomic mass is 16.4. The summed E-state index contributed by atoms with van der Waals surface area (Å²) >= 11 is 0. The Morgan fingerprint density at radius 1 is 0.810 bits per heavy atom. The Hall–Kier alpha value is -3.02. The summed E-state index contributed by atoms with van der Waals surface area (Å²) in [6.45, 7) is 0. The predicted molar refractivity (Wildman–Crippen MR) is 77.1 cm³/mol. The van der Waals surface area contributed by atoms with Crippen LogP contribution in [0.5, 0.6) is 0 Å². The lowest BCUT2D eigenvalue weighted by molar-refractivity contribution is 0.0687. The molecular formula is C15H12N2O4. The van der Waals surface area contributed by atoms with Crippen LogP contribution in [0.3, 0.4) is 0 Å². The third kappa shape index (κ3) is 3.11. The second-order valence-corrected chi connectivity index (χ2v) is 4.34. The number of rotatable bonds is 4. The quantitative estimate of drug-likeness (QED) is 0.633. The summed E-state index contributed by atoms with van der Waals surface area (Å²) in [6.07, 6.45) is 2.91. The number of carboxylic acid groups (broad SMARTS) is 2. The number of aromatic carboxylic acids is 2. The highest BCUT2D eigenvalue weighted by molar-refractivity contribution is 5.94. The second-order valence-electron chi connectivity index (χ2n) is 4.34. The highest BCUT2D eigenvalue weighted by Crippen LogP contribution is 2.21. The summed E-state index contributed by atoms with van der Waals surface area (Å²) < 4.78 is 0. The summed E-state index contributed by atoms with van der Waals surface area (Å²) in [5.74, 6) is -2.28. The summed E-state index contributed by atoms with van der Waals surface area (Å²) in [6, 6.07) is 8.85. The zero-order valence-electron chi connectivity index (χ0n) is 10.8. The average Bonchev–Trinajstić information content (AvgIpc) is 2.42. The fraction of sp³-hybridized carbons (Fsp3) is 0. The minimum Gasteiger partial charge on any atom is -0.478 e. The van der Waals surface area contributed by atoms with Gasteiger partial charge in [-0.3, -0.25) is 0 Å². The molecule has 0 aliphatic rings. The average molecular weight is 284 g/mol. The minimum atomic E-state index is -1.14. The number of carbonyl (C=O) groups is 2. The molecule has 0 fully saturated rings. The number of hydrogen-bond donors (Lipinski definition) is 4. The van der Waals surface area contributed by atoms with Crippen LogP contribution >= 0.6 is 0 Å². The van der Waals surface area contributed by atoms with E-state index in [-0.39, 0.29) is 22.5 Å². The van der Waals surface area contributed by atoms with Crippen molar-refractivity contribution in [3.63, 3.8) is 0 Å². The van der Waals surface area contributed by atoms with Crippen LogP contribution in [0.1, 0.15) is 31.8 Å². The fourth-order valence-electron chi connectivity index (χ4n) is 1.81. The molecule has 0 saturated heterocycles. The summed E-state index contributed by atoms with van der Waals surface area (Å²) in [5.41, 5.74) is 12.3. The van der Waals surface area contributed by atoms with Gasteiger partial charge in [-0.05, 0) is 35.4 Å². The first kappa shape index (κ1) is 14.4. The van der Waals surface area contributed by atoms with E-state index in [2.05, 4.69) is 6.42 Å². The Bertz CT molecular complexity index is 664. The SMILES string of the molecule is Nc1ccc([C]c2ccc(N)c(C(=O)O)c2)cc1C(=O)O. The van der Waals surface area contributed by atoms with Crippen LogP contribution in [0.25, 0.3) is 0 Å². The molecule has 0 heterocycles. The molecule has 106 valence electrons. The van der Waals surface area contributed by atoms with Gasteiger partial charge in [0.15, 0.2) is 0 Å². The standard InChI is InChI=1S/C15H12N2O4/c16-12-3-1-8(6-10(12)14(18)19)5-9-2-4-13(17)11(7-9)15(20)21/h1-4,6-7H,16-17H2,(H,18,19)(H,20,21). The van der Waals surface area contributed by atoms with E-state index in [1.165, 1.54) is 24.3 Å². The number of carboxylic acids is 2. The van der Waals surface area contributed by atoms with Gasteiger partial charge in [-0.1, -0.05) is 12.1 Å². The van der Waals surface area contributed by atoms with Gasteiger partial charge in [0.05, 0.1) is 17.5 Å². The van der Waals surface area contributed by atoms with Crippen molar-refractivity contribution in [3.05, 3.63) is 65.1 Å². The van der Waals surface area contributed by atoms with Gasteiger partial charge in [0.1, 0.15) is 0 Å².